The van der Waals surface area contributed by atoms with E-state index in [1.54, 1.807) is 12.4 Å². The van der Waals surface area contributed by atoms with Gasteiger partial charge in [-0.05, 0) is 19.8 Å². The van der Waals surface area contributed by atoms with Gasteiger partial charge < -0.3 is 9.88 Å². The number of aryl methyl sites for hydroxylation is 1. The van der Waals surface area contributed by atoms with Crippen LogP contribution in [0.15, 0.2) is 24.8 Å². The molecular formula is C14H15N5OS. The van der Waals surface area contributed by atoms with E-state index in [2.05, 4.69) is 15.0 Å². The predicted octanol–water partition coefficient (Wildman–Crippen LogP) is 2.40. The molecule has 0 radical (unpaired) electrons. The van der Waals surface area contributed by atoms with Crippen LogP contribution in [0, 0.1) is 6.92 Å². The second kappa shape index (κ2) is 4.70. The molecule has 1 aliphatic rings. The van der Waals surface area contributed by atoms with E-state index in [1.807, 2.05) is 28.6 Å². The fraction of sp³-hybridized carbons (Fsp3) is 0.357. The number of carbonyl (C=O) groups is 1. The largest absolute Gasteiger partial charge is 0.347 e. The molecular weight excluding hydrogens is 286 g/mol. The number of carbonyl (C=O) groups excluding carboxylic acids is 1. The Hall–Kier alpha value is -2.15. The van der Waals surface area contributed by atoms with E-state index < -0.39 is 0 Å². The van der Waals surface area contributed by atoms with Crippen molar-refractivity contribution in [2.24, 2.45) is 0 Å². The molecule has 0 spiro atoms. The van der Waals surface area contributed by atoms with Gasteiger partial charge in [0.15, 0.2) is 4.96 Å². The third-order valence-electron chi connectivity index (χ3n) is 3.84. The topological polar surface area (TPSA) is 66.3 Å². The summed E-state index contributed by atoms with van der Waals surface area (Å²) in [6.45, 7) is 2.73. The fourth-order valence-corrected chi connectivity index (χ4v) is 3.88. The second-order valence-electron chi connectivity index (χ2n) is 5.30. The monoisotopic (exact) mass is 301 g/mol. The Bertz CT molecular complexity index is 756. The summed E-state index contributed by atoms with van der Waals surface area (Å²) in [6, 6.07) is 0.0589. The Morgan fingerprint density at radius 3 is 3.14 bits per heavy atom. The summed E-state index contributed by atoms with van der Waals surface area (Å²) in [7, 11) is 0. The van der Waals surface area contributed by atoms with Crippen molar-refractivity contribution in [1.29, 1.82) is 0 Å². The normalized spacial score (nSPS) is 18.7. The number of thiazole rings is 1. The molecule has 1 N–H and O–H groups in total. The highest BCUT2D eigenvalue weighted by Crippen LogP contribution is 2.32. The molecule has 1 unspecified atom stereocenters. The molecule has 0 aromatic carbocycles. The van der Waals surface area contributed by atoms with Gasteiger partial charge in [0.25, 0.3) is 5.91 Å². The van der Waals surface area contributed by atoms with Crippen molar-refractivity contribution >= 4 is 22.2 Å². The first-order valence-electron chi connectivity index (χ1n) is 6.98. The van der Waals surface area contributed by atoms with Crippen molar-refractivity contribution < 1.29 is 4.79 Å². The minimum atomic E-state index is 0.0589. The van der Waals surface area contributed by atoms with Gasteiger partial charge in [-0.3, -0.25) is 9.20 Å². The number of rotatable bonds is 2. The van der Waals surface area contributed by atoms with Crippen molar-refractivity contribution in [3.05, 3.63) is 41.2 Å². The average Bonchev–Trinajstić information content (AvgIpc) is 3.20. The number of aromatic amines is 1. The summed E-state index contributed by atoms with van der Waals surface area (Å²) in [6.07, 6.45) is 9.33. The van der Waals surface area contributed by atoms with Gasteiger partial charge in [-0.1, -0.05) is 11.3 Å². The number of nitrogens with one attached hydrogen (secondary N) is 1. The van der Waals surface area contributed by atoms with Crippen LogP contribution < -0.4 is 0 Å². The minimum absolute atomic E-state index is 0.0589. The maximum absolute atomic E-state index is 12.8. The van der Waals surface area contributed by atoms with Gasteiger partial charge in [0.05, 0.1) is 11.7 Å². The number of likely N-dealkylation sites (tertiary alicyclic amines) is 1. The summed E-state index contributed by atoms with van der Waals surface area (Å²) in [5.41, 5.74) is 0.967. The number of aromatic nitrogens is 4. The molecule has 4 rings (SSSR count). The quantitative estimate of drug-likeness (QED) is 0.790. The van der Waals surface area contributed by atoms with Crippen LogP contribution >= 0.6 is 11.3 Å². The molecule has 108 valence electrons. The second-order valence-corrected chi connectivity index (χ2v) is 6.31. The van der Waals surface area contributed by atoms with Crippen molar-refractivity contribution in [3.8, 4) is 0 Å². The van der Waals surface area contributed by atoms with Crippen molar-refractivity contribution in [3.63, 3.8) is 0 Å². The van der Waals surface area contributed by atoms with Crippen LogP contribution in [0.2, 0.25) is 0 Å². The van der Waals surface area contributed by atoms with E-state index >= 15 is 0 Å². The Labute approximate surface area is 125 Å². The van der Waals surface area contributed by atoms with E-state index in [1.165, 1.54) is 11.3 Å². The number of fused-ring (bicyclic) bond motifs is 1. The standard InChI is InChI=1S/C14H15N5OS/c1-9-7-18-8-11(21-14(18)17-9)13(20)19-6-2-3-10(19)12-15-4-5-16-12/h4-5,7-8,10H,2-3,6H2,1H3,(H,15,16). The highest BCUT2D eigenvalue weighted by atomic mass is 32.1. The van der Waals surface area contributed by atoms with Gasteiger partial charge in [0.2, 0.25) is 0 Å². The van der Waals surface area contributed by atoms with Crippen LogP contribution in [0.3, 0.4) is 0 Å². The lowest BCUT2D eigenvalue weighted by molar-refractivity contribution is 0.0735. The number of H-pyrrole nitrogens is 1. The van der Waals surface area contributed by atoms with Gasteiger partial charge in [0.1, 0.15) is 10.7 Å². The molecule has 3 aromatic heterocycles. The molecule has 0 bridgehead atoms. The molecule has 1 saturated heterocycles. The third-order valence-corrected chi connectivity index (χ3v) is 4.82. The van der Waals surface area contributed by atoms with E-state index in [-0.39, 0.29) is 11.9 Å². The van der Waals surface area contributed by atoms with E-state index in [9.17, 15) is 4.79 Å². The van der Waals surface area contributed by atoms with Gasteiger partial charge in [-0.2, -0.15) is 0 Å². The molecule has 1 atom stereocenters. The van der Waals surface area contributed by atoms with Crippen LogP contribution in [0.25, 0.3) is 4.96 Å². The number of nitrogens with zero attached hydrogens (tertiary/aromatic N) is 4. The van der Waals surface area contributed by atoms with Crippen molar-refractivity contribution in [1.82, 2.24) is 24.3 Å². The molecule has 6 nitrogen and oxygen atoms in total. The maximum atomic E-state index is 12.8. The zero-order valence-corrected chi connectivity index (χ0v) is 12.4. The highest BCUT2D eigenvalue weighted by Gasteiger charge is 2.33. The highest BCUT2D eigenvalue weighted by molar-refractivity contribution is 7.18. The van der Waals surface area contributed by atoms with E-state index in [0.717, 1.165) is 40.7 Å². The molecule has 1 fully saturated rings. The van der Waals surface area contributed by atoms with Gasteiger partial charge >= 0.3 is 0 Å². The van der Waals surface area contributed by atoms with Crippen LogP contribution in [-0.2, 0) is 0 Å². The Morgan fingerprint density at radius 1 is 1.48 bits per heavy atom. The van der Waals surface area contributed by atoms with Gasteiger partial charge in [-0.25, -0.2) is 9.97 Å². The summed E-state index contributed by atoms with van der Waals surface area (Å²) < 4.78 is 1.92. The first kappa shape index (κ1) is 12.6. The zero-order chi connectivity index (χ0) is 14.4. The first-order chi connectivity index (χ1) is 10.2. The molecule has 3 aromatic rings. The Balaban J connectivity index is 1.65. The number of hydrogen-bond acceptors (Lipinski definition) is 4. The molecule has 4 heterocycles. The number of imidazole rings is 2. The Kier molecular flexibility index (Phi) is 2.81. The smallest absolute Gasteiger partial charge is 0.266 e. The summed E-state index contributed by atoms with van der Waals surface area (Å²) in [5.74, 6) is 0.945. The summed E-state index contributed by atoms with van der Waals surface area (Å²) in [5, 5.41) is 0. The van der Waals surface area contributed by atoms with Gasteiger partial charge in [-0.15, -0.1) is 0 Å². The van der Waals surface area contributed by atoms with Crippen LogP contribution in [0.5, 0.6) is 0 Å². The molecule has 21 heavy (non-hydrogen) atoms. The number of hydrogen-bond donors (Lipinski definition) is 1. The predicted molar refractivity (Wildman–Crippen MR) is 79.4 cm³/mol. The van der Waals surface area contributed by atoms with Crippen LogP contribution in [-0.4, -0.2) is 36.7 Å². The lowest BCUT2D eigenvalue weighted by atomic mass is 10.2. The summed E-state index contributed by atoms with van der Waals surface area (Å²) >= 11 is 1.44. The SMILES string of the molecule is Cc1cn2cc(C(=O)N3CCCC3c3ncc[nH]3)sc2n1. The molecule has 1 aliphatic heterocycles. The summed E-state index contributed by atoms with van der Waals surface area (Å²) in [4.78, 5) is 28.1. The van der Waals surface area contributed by atoms with Crippen molar-refractivity contribution in [2.45, 2.75) is 25.8 Å². The lowest BCUT2D eigenvalue weighted by Gasteiger charge is -2.22. The van der Waals surface area contributed by atoms with Gasteiger partial charge in [0, 0.05) is 31.3 Å². The third kappa shape index (κ3) is 2.04. The lowest BCUT2D eigenvalue weighted by Crippen LogP contribution is -2.30. The molecule has 7 heteroatoms. The average molecular weight is 301 g/mol. The molecule has 0 saturated carbocycles. The van der Waals surface area contributed by atoms with Crippen molar-refractivity contribution in [2.75, 3.05) is 6.54 Å². The minimum Gasteiger partial charge on any atom is -0.347 e. The zero-order valence-electron chi connectivity index (χ0n) is 11.6. The first-order valence-corrected chi connectivity index (χ1v) is 7.79. The number of amides is 1. The van der Waals surface area contributed by atoms with E-state index in [4.69, 9.17) is 0 Å². The van der Waals surface area contributed by atoms with Crippen LogP contribution in [0.1, 0.15) is 40.1 Å². The van der Waals surface area contributed by atoms with E-state index in [0.29, 0.717) is 0 Å². The maximum Gasteiger partial charge on any atom is 0.266 e. The Morgan fingerprint density at radius 2 is 2.38 bits per heavy atom. The molecule has 1 amide bonds. The fourth-order valence-electron chi connectivity index (χ4n) is 2.91. The molecule has 0 aliphatic carbocycles. The van der Waals surface area contributed by atoms with Crippen LogP contribution in [0.4, 0.5) is 0 Å².